The maximum absolute atomic E-state index is 13.5. The number of sulfonamides is 1. The Labute approximate surface area is 187 Å². The number of fused-ring (bicyclic) bond motifs is 1. The molecule has 1 saturated carbocycles. The fraction of sp³-hybridized carbons (Fsp3) is 0.591. The van der Waals surface area contributed by atoms with E-state index in [-0.39, 0.29) is 30.0 Å². The third-order valence-electron chi connectivity index (χ3n) is 6.54. The molecule has 1 saturated heterocycles. The lowest BCUT2D eigenvalue weighted by molar-refractivity contribution is -0.121. The van der Waals surface area contributed by atoms with E-state index in [0.29, 0.717) is 41.2 Å². The highest BCUT2D eigenvalue weighted by Gasteiger charge is 2.36. The summed E-state index contributed by atoms with van der Waals surface area (Å²) in [4.78, 5) is 18.8. The van der Waals surface area contributed by atoms with Crippen molar-refractivity contribution in [3.05, 3.63) is 29.4 Å². The van der Waals surface area contributed by atoms with Gasteiger partial charge in [0.25, 0.3) is 5.91 Å². The van der Waals surface area contributed by atoms with E-state index in [4.69, 9.17) is 9.26 Å². The van der Waals surface area contributed by atoms with E-state index in [0.717, 1.165) is 38.5 Å². The molecule has 0 spiro atoms. The van der Waals surface area contributed by atoms with Gasteiger partial charge in [-0.15, -0.1) is 0 Å². The number of aryl methyl sites for hydroxylation is 1. The van der Waals surface area contributed by atoms with E-state index >= 15 is 0 Å². The summed E-state index contributed by atoms with van der Waals surface area (Å²) in [5, 5.41) is 4.01. The maximum atomic E-state index is 13.5. The van der Waals surface area contributed by atoms with E-state index in [1.807, 2.05) is 6.92 Å². The van der Waals surface area contributed by atoms with E-state index in [1.54, 1.807) is 28.3 Å². The van der Waals surface area contributed by atoms with Crippen LogP contribution in [0, 0.1) is 6.92 Å². The van der Waals surface area contributed by atoms with Gasteiger partial charge in [0.2, 0.25) is 15.9 Å². The molecule has 2 aromatic rings. The molecule has 2 fully saturated rings. The van der Waals surface area contributed by atoms with Crippen LogP contribution < -0.4 is 9.64 Å². The molecule has 0 bridgehead atoms. The number of carbonyl (C=O) groups excluding carboxylic acids is 1. The minimum Gasteiger partial charge on any atom is -0.482 e. The quantitative estimate of drug-likeness (QED) is 0.652. The number of ether oxygens (including phenoxy) is 1. The van der Waals surface area contributed by atoms with E-state index < -0.39 is 10.0 Å². The maximum Gasteiger partial charge on any atom is 0.265 e. The lowest BCUT2D eigenvalue weighted by atomic mass is 10.0. The molecule has 3 aliphatic rings. The Morgan fingerprint density at radius 1 is 1.19 bits per heavy atom. The largest absolute Gasteiger partial charge is 0.482 e. The first kappa shape index (κ1) is 21.4. The molecular formula is C22H28N4O5S. The average molecular weight is 461 g/mol. The van der Waals surface area contributed by atoms with Gasteiger partial charge in [0.15, 0.2) is 12.4 Å². The van der Waals surface area contributed by atoms with Crippen LogP contribution in [0.1, 0.15) is 68.6 Å². The minimum absolute atomic E-state index is 0.0158. The minimum atomic E-state index is -3.67. The molecule has 172 valence electrons. The number of nitrogens with zero attached hydrogens (tertiary/aromatic N) is 4. The van der Waals surface area contributed by atoms with Crippen LogP contribution in [0.5, 0.6) is 5.75 Å². The van der Waals surface area contributed by atoms with Crippen LogP contribution in [0.2, 0.25) is 0 Å². The SMILES string of the molecule is CC[C@H]1CCCCN1S(=O)(=O)c1cc2c(cc1C)N(Cc1noc(C3CC3)n1)C(=O)CO2. The van der Waals surface area contributed by atoms with Gasteiger partial charge in [-0.2, -0.15) is 9.29 Å². The van der Waals surface area contributed by atoms with Crippen molar-refractivity contribution in [2.24, 2.45) is 0 Å². The first-order valence-electron chi connectivity index (χ1n) is 11.3. The molecule has 0 unspecified atom stereocenters. The zero-order valence-electron chi connectivity index (χ0n) is 18.4. The Balaban J connectivity index is 1.46. The third-order valence-corrected chi connectivity index (χ3v) is 8.63. The van der Waals surface area contributed by atoms with Gasteiger partial charge in [-0.3, -0.25) is 9.69 Å². The Morgan fingerprint density at radius 2 is 2.00 bits per heavy atom. The van der Waals surface area contributed by atoms with Crippen LogP contribution >= 0.6 is 0 Å². The molecule has 1 aromatic heterocycles. The van der Waals surface area contributed by atoms with Crippen LogP contribution in [0.25, 0.3) is 0 Å². The van der Waals surface area contributed by atoms with Crippen molar-refractivity contribution in [3.8, 4) is 5.75 Å². The smallest absolute Gasteiger partial charge is 0.265 e. The predicted molar refractivity (Wildman–Crippen MR) is 116 cm³/mol. The normalized spacial score (nSPS) is 22.0. The molecule has 10 heteroatoms. The second kappa shape index (κ2) is 8.15. The number of anilines is 1. The fourth-order valence-corrected chi connectivity index (χ4v) is 6.57. The van der Waals surface area contributed by atoms with Gasteiger partial charge in [-0.25, -0.2) is 8.42 Å². The van der Waals surface area contributed by atoms with Gasteiger partial charge in [0.05, 0.1) is 17.1 Å². The molecule has 5 rings (SSSR count). The van der Waals surface area contributed by atoms with E-state index in [2.05, 4.69) is 10.1 Å². The highest BCUT2D eigenvalue weighted by atomic mass is 32.2. The summed E-state index contributed by atoms with van der Waals surface area (Å²) in [5.74, 6) is 1.53. The first-order chi connectivity index (χ1) is 15.4. The summed E-state index contributed by atoms with van der Waals surface area (Å²) in [7, 11) is -3.67. The van der Waals surface area contributed by atoms with Crippen molar-refractivity contribution in [1.29, 1.82) is 0 Å². The summed E-state index contributed by atoms with van der Waals surface area (Å²) >= 11 is 0. The second-order valence-corrected chi connectivity index (χ2v) is 10.7. The molecule has 1 aromatic carbocycles. The lowest BCUT2D eigenvalue weighted by Gasteiger charge is -2.35. The number of piperidine rings is 1. The van der Waals surface area contributed by atoms with Crippen molar-refractivity contribution in [2.45, 2.75) is 75.8 Å². The van der Waals surface area contributed by atoms with Gasteiger partial charge in [-0.1, -0.05) is 18.5 Å². The zero-order valence-corrected chi connectivity index (χ0v) is 19.2. The summed E-state index contributed by atoms with van der Waals surface area (Å²) < 4.78 is 39.7. The zero-order chi connectivity index (χ0) is 22.5. The standard InChI is InChI=1S/C22H28N4O5S/c1-3-16-6-4-5-9-26(16)32(28,29)19-11-18-17(10-14(19)2)25(21(27)13-30-18)12-20-23-22(31-24-20)15-7-8-15/h10-11,15-16H,3-9,12-13H2,1-2H3/t16-/m0/s1. The van der Waals surface area contributed by atoms with Crippen molar-refractivity contribution >= 4 is 21.6 Å². The Morgan fingerprint density at radius 3 is 2.75 bits per heavy atom. The van der Waals surface area contributed by atoms with Gasteiger partial charge < -0.3 is 9.26 Å². The molecule has 0 N–H and O–H groups in total. The number of hydrogen-bond acceptors (Lipinski definition) is 7. The van der Waals surface area contributed by atoms with Crippen molar-refractivity contribution in [2.75, 3.05) is 18.1 Å². The monoisotopic (exact) mass is 460 g/mol. The topological polar surface area (TPSA) is 106 Å². The highest BCUT2D eigenvalue weighted by molar-refractivity contribution is 7.89. The molecular weight excluding hydrogens is 432 g/mol. The molecule has 2 aliphatic heterocycles. The third kappa shape index (κ3) is 3.79. The lowest BCUT2D eigenvalue weighted by Crippen LogP contribution is -2.43. The number of aromatic nitrogens is 2. The molecule has 1 atom stereocenters. The Bertz CT molecular complexity index is 1140. The van der Waals surface area contributed by atoms with Crippen molar-refractivity contribution in [3.63, 3.8) is 0 Å². The van der Waals surface area contributed by atoms with Crippen LogP contribution in [0.3, 0.4) is 0 Å². The van der Waals surface area contributed by atoms with Crippen LogP contribution in [-0.4, -0.2) is 48.0 Å². The predicted octanol–water partition coefficient (Wildman–Crippen LogP) is 3.13. The van der Waals surface area contributed by atoms with Gasteiger partial charge in [-0.05, 0) is 50.7 Å². The van der Waals surface area contributed by atoms with Crippen molar-refractivity contribution in [1.82, 2.24) is 14.4 Å². The molecule has 1 aliphatic carbocycles. The fourth-order valence-electron chi connectivity index (χ4n) is 4.58. The molecule has 0 radical (unpaired) electrons. The number of amides is 1. The Hall–Kier alpha value is -2.46. The van der Waals surface area contributed by atoms with Crippen molar-refractivity contribution < 1.29 is 22.5 Å². The van der Waals surface area contributed by atoms with Crippen LogP contribution in [0.15, 0.2) is 21.6 Å². The molecule has 32 heavy (non-hydrogen) atoms. The highest BCUT2D eigenvalue weighted by Crippen LogP contribution is 2.40. The summed E-state index contributed by atoms with van der Waals surface area (Å²) in [6, 6.07) is 3.29. The number of hydrogen-bond donors (Lipinski definition) is 0. The number of rotatable bonds is 6. The van der Waals surface area contributed by atoms with Gasteiger partial charge in [0, 0.05) is 24.6 Å². The Kier molecular flexibility index (Phi) is 5.45. The average Bonchev–Trinajstić information content (AvgIpc) is 3.54. The van der Waals surface area contributed by atoms with E-state index in [9.17, 15) is 13.2 Å². The molecule has 9 nitrogen and oxygen atoms in total. The number of carbonyl (C=O) groups is 1. The van der Waals surface area contributed by atoms with Gasteiger partial charge in [0.1, 0.15) is 5.75 Å². The molecule has 3 heterocycles. The molecule has 1 amide bonds. The first-order valence-corrected chi connectivity index (χ1v) is 12.7. The van der Waals surface area contributed by atoms with E-state index in [1.165, 1.54) is 0 Å². The second-order valence-electron chi connectivity index (χ2n) is 8.85. The number of benzene rings is 1. The summed E-state index contributed by atoms with van der Waals surface area (Å²) in [6.45, 7) is 4.31. The summed E-state index contributed by atoms with van der Waals surface area (Å²) in [6.07, 6.45) is 5.68. The van der Waals surface area contributed by atoms with Gasteiger partial charge >= 0.3 is 0 Å². The summed E-state index contributed by atoms with van der Waals surface area (Å²) in [5.41, 5.74) is 1.11. The van der Waals surface area contributed by atoms with Crippen LogP contribution in [-0.2, 0) is 21.4 Å². The van der Waals surface area contributed by atoms with Crippen LogP contribution in [0.4, 0.5) is 5.69 Å².